The third-order valence-electron chi connectivity index (χ3n) is 3.34. The van der Waals surface area contributed by atoms with Gasteiger partial charge in [0.25, 0.3) is 0 Å². The fraction of sp³-hybridized carbons (Fsp3) is 0.375. The molecule has 1 aromatic carbocycles. The molecule has 9 heteroatoms. The number of amides is 2. The van der Waals surface area contributed by atoms with Crippen molar-refractivity contribution in [3.05, 3.63) is 40.1 Å². The highest BCUT2D eigenvalue weighted by Crippen LogP contribution is 2.23. The predicted molar refractivity (Wildman–Crippen MR) is 88.9 cm³/mol. The number of carbonyl (C=O) groups excluding carboxylic acids is 1. The van der Waals surface area contributed by atoms with Crippen LogP contribution in [0.25, 0.3) is 5.69 Å². The van der Waals surface area contributed by atoms with Gasteiger partial charge < -0.3 is 9.64 Å². The highest BCUT2D eigenvalue weighted by molar-refractivity contribution is 7.09. The Balaban J connectivity index is 2.36. The minimum atomic E-state index is -4.73. The van der Waals surface area contributed by atoms with Gasteiger partial charge >= 0.3 is 12.4 Å². The Morgan fingerprint density at radius 1 is 1.24 bits per heavy atom. The maximum absolute atomic E-state index is 12.2. The quantitative estimate of drug-likeness (QED) is 0.810. The van der Waals surface area contributed by atoms with Gasteiger partial charge in [-0.05, 0) is 45.0 Å². The van der Waals surface area contributed by atoms with Gasteiger partial charge in [0.1, 0.15) is 5.75 Å². The van der Waals surface area contributed by atoms with E-state index in [2.05, 4.69) is 9.73 Å². The van der Waals surface area contributed by atoms with E-state index < -0.39 is 6.36 Å². The van der Waals surface area contributed by atoms with E-state index in [0.717, 1.165) is 4.88 Å². The monoisotopic (exact) mass is 373 g/mol. The molecule has 0 bridgehead atoms. The van der Waals surface area contributed by atoms with E-state index in [-0.39, 0.29) is 11.8 Å². The van der Waals surface area contributed by atoms with Crippen molar-refractivity contribution in [2.24, 2.45) is 4.99 Å². The van der Waals surface area contributed by atoms with Gasteiger partial charge in [0.15, 0.2) is 4.80 Å². The molecule has 1 heterocycles. The topological polar surface area (TPSA) is 46.8 Å². The molecule has 5 nitrogen and oxygen atoms in total. The van der Waals surface area contributed by atoms with Gasteiger partial charge in [-0.1, -0.05) is 0 Å². The molecule has 0 atom stereocenters. The number of rotatable bonds is 4. The molecule has 2 aromatic rings. The Kier molecular flexibility index (Phi) is 5.89. The molecule has 0 aliphatic carbocycles. The molecule has 0 spiro atoms. The molecular weight excluding hydrogens is 355 g/mol. The zero-order valence-corrected chi connectivity index (χ0v) is 14.8. The van der Waals surface area contributed by atoms with Gasteiger partial charge in [-0.25, -0.2) is 4.79 Å². The average molecular weight is 373 g/mol. The Bertz CT molecular complexity index is 790. The van der Waals surface area contributed by atoms with Crippen molar-refractivity contribution in [3.63, 3.8) is 0 Å². The minimum absolute atomic E-state index is 0.304. The van der Waals surface area contributed by atoms with Gasteiger partial charge in [-0.2, -0.15) is 4.99 Å². The van der Waals surface area contributed by atoms with Crippen LogP contribution in [0.2, 0.25) is 0 Å². The summed E-state index contributed by atoms with van der Waals surface area (Å²) in [4.78, 5) is 19.3. The van der Waals surface area contributed by atoms with Gasteiger partial charge in [0, 0.05) is 29.9 Å². The Hall–Kier alpha value is -2.29. The van der Waals surface area contributed by atoms with E-state index in [9.17, 15) is 18.0 Å². The summed E-state index contributed by atoms with van der Waals surface area (Å²) < 4.78 is 42.2. The largest absolute Gasteiger partial charge is 0.573 e. The first kappa shape index (κ1) is 19.0. The molecule has 2 rings (SSSR count). The number of halogens is 3. The van der Waals surface area contributed by atoms with Gasteiger partial charge in [-0.3, -0.25) is 4.57 Å². The van der Waals surface area contributed by atoms with Crippen LogP contribution in [-0.4, -0.2) is 34.9 Å². The number of alkyl halides is 3. The van der Waals surface area contributed by atoms with Crippen molar-refractivity contribution < 1.29 is 22.7 Å². The molecule has 2 amide bonds. The van der Waals surface area contributed by atoms with E-state index in [0.29, 0.717) is 23.6 Å². The summed E-state index contributed by atoms with van der Waals surface area (Å²) in [5, 5.41) is 0. The third-order valence-corrected chi connectivity index (χ3v) is 4.24. The summed E-state index contributed by atoms with van der Waals surface area (Å²) >= 11 is 1.33. The molecule has 136 valence electrons. The summed E-state index contributed by atoms with van der Waals surface area (Å²) in [7, 11) is 0. The van der Waals surface area contributed by atoms with E-state index in [1.165, 1.54) is 35.6 Å². The van der Waals surface area contributed by atoms with Crippen LogP contribution in [0.15, 0.2) is 35.5 Å². The Morgan fingerprint density at radius 2 is 1.84 bits per heavy atom. The highest BCUT2D eigenvalue weighted by Gasteiger charge is 2.31. The first-order chi connectivity index (χ1) is 11.7. The van der Waals surface area contributed by atoms with Crippen molar-refractivity contribution >= 4 is 17.4 Å². The molecule has 1 aromatic heterocycles. The molecule has 0 fully saturated rings. The fourth-order valence-corrected chi connectivity index (χ4v) is 3.00. The average Bonchev–Trinajstić information content (AvgIpc) is 2.88. The summed E-state index contributed by atoms with van der Waals surface area (Å²) in [6.45, 7) is 6.69. The molecule has 0 saturated carbocycles. The van der Waals surface area contributed by atoms with Crippen molar-refractivity contribution in [2.45, 2.75) is 27.1 Å². The second kappa shape index (κ2) is 7.73. The Morgan fingerprint density at radius 3 is 2.36 bits per heavy atom. The van der Waals surface area contributed by atoms with E-state index in [4.69, 9.17) is 0 Å². The summed E-state index contributed by atoms with van der Waals surface area (Å²) in [5.41, 5.74) is 0.588. The van der Waals surface area contributed by atoms with Crippen LogP contribution < -0.4 is 9.54 Å². The smallest absolute Gasteiger partial charge is 0.406 e. The number of carbonyl (C=O) groups is 1. The van der Waals surface area contributed by atoms with Crippen molar-refractivity contribution in [1.82, 2.24) is 9.47 Å². The van der Waals surface area contributed by atoms with Crippen LogP contribution in [0, 0.1) is 6.92 Å². The number of aryl methyl sites for hydroxylation is 1. The number of ether oxygens (including phenoxy) is 1. The number of urea groups is 1. The van der Waals surface area contributed by atoms with E-state index >= 15 is 0 Å². The highest BCUT2D eigenvalue weighted by atomic mass is 32.1. The lowest BCUT2D eigenvalue weighted by Gasteiger charge is -2.14. The number of hydrogen-bond donors (Lipinski definition) is 0. The lowest BCUT2D eigenvalue weighted by molar-refractivity contribution is -0.274. The van der Waals surface area contributed by atoms with Crippen LogP contribution in [0.4, 0.5) is 18.0 Å². The van der Waals surface area contributed by atoms with E-state index in [1.54, 1.807) is 15.7 Å². The minimum Gasteiger partial charge on any atom is -0.406 e. The summed E-state index contributed by atoms with van der Waals surface area (Å²) in [6.07, 6.45) is -2.96. The molecule has 25 heavy (non-hydrogen) atoms. The van der Waals surface area contributed by atoms with Crippen molar-refractivity contribution in [3.8, 4) is 11.4 Å². The Labute approximate surface area is 147 Å². The van der Waals surface area contributed by atoms with Gasteiger partial charge in [0.05, 0.1) is 0 Å². The zero-order chi connectivity index (χ0) is 18.6. The lowest BCUT2D eigenvalue weighted by Crippen LogP contribution is -2.30. The fourth-order valence-electron chi connectivity index (χ4n) is 2.17. The number of thiazole rings is 1. The zero-order valence-electron chi connectivity index (χ0n) is 14.0. The predicted octanol–water partition coefficient (Wildman–Crippen LogP) is 4.11. The van der Waals surface area contributed by atoms with E-state index in [1.807, 2.05) is 20.8 Å². The molecule has 0 N–H and O–H groups in total. The van der Waals surface area contributed by atoms with Crippen LogP contribution in [-0.2, 0) is 0 Å². The van der Waals surface area contributed by atoms with Gasteiger partial charge in [-0.15, -0.1) is 24.5 Å². The first-order valence-electron chi connectivity index (χ1n) is 7.62. The molecule has 0 aliphatic rings. The molecule has 0 aliphatic heterocycles. The normalized spacial score (nSPS) is 12.3. The van der Waals surface area contributed by atoms with Crippen LogP contribution in [0.3, 0.4) is 0 Å². The lowest BCUT2D eigenvalue weighted by atomic mass is 10.3. The number of nitrogens with zero attached hydrogens (tertiary/aromatic N) is 3. The number of hydrogen-bond acceptors (Lipinski definition) is 3. The van der Waals surface area contributed by atoms with Crippen LogP contribution in [0.1, 0.15) is 18.7 Å². The maximum atomic E-state index is 12.2. The molecule has 0 unspecified atom stereocenters. The number of aromatic nitrogens is 1. The van der Waals surface area contributed by atoms with Crippen LogP contribution in [0.5, 0.6) is 5.75 Å². The SMILES string of the molecule is CCN(CC)C(=O)/N=c1\sc(C)cn1-c1ccc(OC(F)(F)F)cc1. The van der Waals surface area contributed by atoms with Crippen molar-refractivity contribution in [1.29, 1.82) is 0 Å². The van der Waals surface area contributed by atoms with Gasteiger partial charge in [0.2, 0.25) is 0 Å². The molecular formula is C16H18F3N3O2S. The maximum Gasteiger partial charge on any atom is 0.573 e. The van der Waals surface area contributed by atoms with Crippen molar-refractivity contribution in [2.75, 3.05) is 13.1 Å². The first-order valence-corrected chi connectivity index (χ1v) is 8.44. The number of benzene rings is 1. The summed E-state index contributed by atoms with van der Waals surface area (Å²) in [5.74, 6) is -0.304. The standard InChI is InChI=1S/C16H18F3N3O2S/c1-4-21(5-2)14(23)20-15-22(10-11(3)25-15)12-6-8-13(9-7-12)24-16(17,18)19/h6-10H,4-5H2,1-3H3/b20-15-. The molecule has 0 saturated heterocycles. The third kappa shape index (κ3) is 5.09. The van der Waals surface area contributed by atoms with Crippen LogP contribution >= 0.6 is 11.3 Å². The second-order valence-corrected chi connectivity index (χ2v) is 6.32. The summed E-state index contributed by atoms with van der Waals surface area (Å²) in [6, 6.07) is 5.05. The second-order valence-electron chi connectivity index (χ2n) is 5.10. The molecule has 0 radical (unpaired) electrons.